The maximum absolute atomic E-state index is 13.8. The van der Waals surface area contributed by atoms with Crippen molar-refractivity contribution in [1.29, 1.82) is 0 Å². The Hall–Kier alpha value is -2.44. The molecule has 0 bridgehead atoms. The topological polar surface area (TPSA) is 84.2 Å². The molecule has 26 heavy (non-hydrogen) atoms. The second-order valence-electron chi connectivity index (χ2n) is 5.95. The Labute approximate surface area is 158 Å². The van der Waals surface area contributed by atoms with Crippen LogP contribution >= 0.6 is 12.4 Å². The number of anilines is 1. The Bertz CT molecular complexity index is 781. The van der Waals surface area contributed by atoms with Gasteiger partial charge in [-0.1, -0.05) is 24.3 Å². The van der Waals surface area contributed by atoms with E-state index in [1.165, 1.54) is 18.2 Å². The molecule has 5 nitrogen and oxygen atoms in total. The van der Waals surface area contributed by atoms with E-state index in [1.54, 1.807) is 31.2 Å². The first-order valence-electron chi connectivity index (χ1n) is 8.09. The summed E-state index contributed by atoms with van der Waals surface area (Å²) in [5, 5.41) is 5.43. The van der Waals surface area contributed by atoms with Crippen molar-refractivity contribution in [3.8, 4) is 0 Å². The summed E-state index contributed by atoms with van der Waals surface area (Å²) in [7, 11) is 0. The first-order valence-corrected chi connectivity index (χ1v) is 8.09. The number of hydrogen-bond acceptors (Lipinski definition) is 3. The van der Waals surface area contributed by atoms with E-state index in [0.717, 1.165) is 0 Å². The van der Waals surface area contributed by atoms with Crippen molar-refractivity contribution in [3.63, 3.8) is 0 Å². The highest BCUT2D eigenvalue weighted by Gasteiger charge is 2.17. The highest BCUT2D eigenvalue weighted by atomic mass is 35.5. The van der Waals surface area contributed by atoms with Gasteiger partial charge >= 0.3 is 0 Å². The number of rotatable bonds is 6. The van der Waals surface area contributed by atoms with Crippen molar-refractivity contribution in [3.05, 3.63) is 65.0 Å². The summed E-state index contributed by atoms with van der Waals surface area (Å²) in [6.07, 6.45) is 0.647. The van der Waals surface area contributed by atoms with Gasteiger partial charge in [-0.2, -0.15) is 0 Å². The standard InChI is InChI=1S/C19H22FN3O2.ClH/c1-12-6-5-8-15(18(24)22-11-10-13(2)21)17(12)23-19(25)14-7-3-4-9-16(14)20;/h3-9,13H,10-11,21H2,1-2H3,(H,22,24)(H,23,25);1H. The summed E-state index contributed by atoms with van der Waals surface area (Å²) in [4.78, 5) is 24.8. The summed E-state index contributed by atoms with van der Waals surface area (Å²) in [5.41, 5.74) is 7.01. The predicted molar refractivity (Wildman–Crippen MR) is 103 cm³/mol. The number of carbonyl (C=O) groups is 2. The normalized spacial score (nSPS) is 11.2. The molecule has 0 saturated heterocycles. The third-order valence-corrected chi connectivity index (χ3v) is 3.76. The van der Waals surface area contributed by atoms with Crippen molar-refractivity contribution in [2.75, 3.05) is 11.9 Å². The molecule has 2 rings (SSSR count). The molecule has 0 aliphatic carbocycles. The Morgan fingerprint density at radius 2 is 1.73 bits per heavy atom. The molecular formula is C19H23ClFN3O2. The quantitative estimate of drug-likeness (QED) is 0.720. The van der Waals surface area contributed by atoms with E-state index in [-0.39, 0.29) is 29.9 Å². The molecule has 2 aromatic rings. The first kappa shape index (κ1) is 21.6. The van der Waals surface area contributed by atoms with Crippen LogP contribution in [0, 0.1) is 12.7 Å². The number of hydrogen-bond donors (Lipinski definition) is 3. The van der Waals surface area contributed by atoms with Crippen LogP contribution in [0.4, 0.5) is 10.1 Å². The largest absolute Gasteiger partial charge is 0.352 e. The van der Waals surface area contributed by atoms with Gasteiger partial charge in [0.2, 0.25) is 0 Å². The first-order chi connectivity index (χ1) is 11.9. The SMILES string of the molecule is Cc1cccc(C(=O)NCCC(C)N)c1NC(=O)c1ccccc1F.Cl. The van der Waals surface area contributed by atoms with Gasteiger partial charge in [-0.25, -0.2) is 4.39 Å². The zero-order valence-corrected chi connectivity index (χ0v) is 15.5. The van der Waals surface area contributed by atoms with Crippen molar-refractivity contribution >= 4 is 29.9 Å². The van der Waals surface area contributed by atoms with E-state index in [1.807, 2.05) is 6.92 Å². The third kappa shape index (κ3) is 5.54. The van der Waals surface area contributed by atoms with E-state index in [4.69, 9.17) is 5.73 Å². The van der Waals surface area contributed by atoms with Gasteiger partial charge in [0.25, 0.3) is 11.8 Å². The molecule has 0 aliphatic rings. The molecule has 2 amide bonds. The van der Waals surface area contributed by atoms with Crippen LogP contribution in [0.3, 0.4) is 0 Å². The number of nitrogens with two attached hydrogens (primary N) is 1. The summed E-state index contributed by atoms with van der Waals surface area (Å²) in [6, 6.07) is 10.8. The number of aryl methyl sites for hydroxylation is 1. The van der Waals surface area contributed by atoms with E-state index < -0.39 is 11.7 Å². The van der Waals surface area contributed by atoms with Crippen LogP contribution in [0.1, 0.15) is 39.6 Å². The van der Waals surface area contributed by atoms with Crippen LogP contribution in [0.5, 0.6) is 0 Å². The summed E-state index contributed by atoms with van der Waals surface area (Å²) in [6.45, 7) is 4.07. The van der Waals surface area contributed by atoms with Crippen molar-refractivity contribution < 1.29 is 14.0 Å². The molecule has 0 saturated carbocycles. The summed E-state index contributed by atoms with van der Waals surface area (Å²) in [5.74, 6) is -1.53. The smallest absolute Gasteiger partial charge is 0.258 e. The Morgan fingerprint density at radius 3 is 2.38 bits per heavy atom. The molecule has 1 unspecified atom stereocenters. The summed E-state index contributed by atoms with van der Waals surface area (Å²) >= 11 is 0. The molecule has 0 spiro atoms. The van der Waals surface area contributed by atoms with Crippen LogP contribution in [0.2, 0.25) is 0 Å². The highest BCUT2D eigenvalue weighted by molar-refractivity contribution is 6.09. The fraction of sp³-hybridized carbons (Fsp3) is 0.263. The Morgan fingerprint density at radius 1 is 1.08 bits per heavy atom. The van der Waals surface area contributed by atoms with Crippen molar-refractivity contribution in [1.82, 2.24) is 5.32 Å². The molecule has 140 valence electrons. The molecule has 0 heterocycles. The van der Waals surface area contributed by atoms with E-state index in [0.29, 0.717) is 29.8 Å². The van der Waals surface area contributed by atoms with Crippen LogP contribution in [-0.4, -0.2) is 24.4 Å². The zero-order valence-electron chi connectivity index (χ0n) is 14.7. The number of carbonyl (C=O) groups excluding carboxylic acids is 2. The highest BCUT2D eigenvalue weighted by Crippen LogP contribution is 2.22. The van der Waals surface area contributed by atoms with Gasteiger partial charge in [-0.05, 0) is 44.0 Å². The zero-order chi connectivity index (χ0) is 18.4. The number of benzene rings is 2. The molecule has 2 aromatic carbocycles. The van der Waals surface area contributed by atoms with E-state index in [2.05, 4.69) is 10.6 Å². The van der Waals surface area contributed by atoms with Gasteiger partial charge < -0.3 is 16.4 Å². The van der Waals surface area contributed by atoms with E-state index >= 15 is 0 Å². The monoisotopic (exact) mass is 379 g/mol. The molecule has 7 heteroatoms. The third-order valence-electron chi connectivity index (χ3n) is 3.76. The lowest BCUT2D eigenvalue weighted by atomic mass is 10.1. The fourth-order valence-electron chi connectivity index (χ4n) is 2.36. The van der Waals surface area contributed by atoms with Gasteiger partial charge in [0.05, 0.1) is 16.8 Å². The van der Waals surface area contributed by atoms with E-state index in [9.17, 15) is 14.0 Å². The van der Waals surface area contributed by atoms with Gasteiger partial charge in [-0.3, -0.25) is 9.59 Å². The summed E-state index contributed by atoms with van der Waals surface area (Å²) < 4.78 is 13.8. The maximum Gasteiger partial charge on any atom is 0.258 e. The number of para-hydroxylation sites is 1. The number of halogens is 2. The van der Waals surface area contributed by atoms with Crippen LogP contribution < -0.4 is 16.4 Å². The Kier molecular flexibility index (Phi) is 8.22. The Balaban J connectivity index is 0.00000338. The minimum absolute atomic E-state index is 0. The average Bonchev–Trinajstić information content (AvgIpc) is 2.56. The fourth-order valence-corrected chi connectivity index (χ4v) is 2.36. The van der Waals surface area contributed by atoms with Crippen molar-refractivity contribution in [2.45, 2.75) is 26.3 Å². The van der Waals surface area contributed by atoms with Gasteiger partial charge in [-0.15, -0.1) is 12.4 Å². The lowest BCUT2D eigenvalue weighted by Crippen LogP contribution is -2.30. The maximum atomic E-state index is 13.8. The van der Waals surface area contributed by atoms with Gasteiger partial charge in [0.1, 0.15) is 5.82 Å². The van der Waals surface area contributed by atoms with Gasteiger partial charge in [0, 0.05) is 12.6 Å². The van der Waals surface area contributed by atoms with Crippen LogP contribution in [-0.2, 0) is 0 Å². The molecule has 0 radical (unpaired) electrons. The van der Waals surface area contributed by atoms with Crippen molar-refractivity contribution in [2.24, 2.45) is 5.73 Å². The molecule has 1 atom stereocenters. The minimum Gasteiger partial charge on any atom is -0.352 e. The van der Waals surface area contributed by atoms with Gasteiger partial charge in [0.15, 0.2) is 0 Å². The van der Waals surface area contributed by atoms with Crippen LogP contribution in [0.25, 0.3) is 0 Å². The average molecular weight is 380 g/mol. The second kappa shape index (κ2) is 9.89. The molecule has 4 N–H and O–H groups in total. The predicted octanol–water partition coefficient (Wildman–Crippen LogP) is 3.28. The molecule has 0 fully saturated rings. The second-order valence-corrected chi connectivity index (χ2v) is 5.95. The lowest BCUT2D eigenvalue weighted by molar-refractivity contribution is 0.0953. The number of amides is 2. The minimum atomic E-state index is -0.614. The number of nitrogens with one attached hydrogen (secondary N) is 2. The molecule has 0 aliphatic heterocycles. The molecule has 0 aromatic heterocycles. The molecular weight excluding hydrogens is 357 g/mol. The van der Waals surface area contributed by atoms with Crippen LogP contribution in [0.15, 0.2) is 42.5 Å². The lowest BCUT2D eigenvalue weighted by Gasteiger charge is -2.14.